The molecular weight excluding hydrogens is 687 g/mol. The summed E-state index contributed by atoms with van der Waals surface area (Å²) in [5.74, 6) is -0.714. The number of amides is 1. The number of piperidine rings is 1. The molecule has 1 amide bonds. The number of ether oxygens (including phenoxy) is 2. The van der Waals surface area contributed by atoms with Crippen molar-refractivity contribution in [3.63, 3.8) is 0 Å². The Morgan fingerprint density at radius 2 is 1.78 bits per heavy atom. The Hall–Kier alpha value is -4.38. The van der Waals surface area contributed by atoms with Crippen molar-refractivity contribution in [2.45, 2.75) is 74.1 Å². The lowest BCUT2D eigenvalue weighted by atomic mass is 9.84. The summed E-state index contributed by atoms with van der Waals surface area (Å²) < 4.78 is 84.7. The number of alkyl halides is 3. The first-order valence-electron chi connectivity index (χ1n) is 16.8. The molecule has 2 saturated heterocycles. The second-order valence-electron chi connectivity index (χ2n) is 13.3. The molecule has 51 heavy (non-hydrogen) atoms. The molecule has 2 atom stereocenters. The lowest BCUT2D eigenvalue weighted by Gasteiger charge is -2.43. The van der Waals surface area contributed by atoms with Crippen LogP contribution in [0.2, 0.25) is 0 Å². The van der Waals surface area contributed by atoms with Crippen molar-refractivity contribution in [2.75, 3.05) is 26.2 Å². The summed E-state index contributed by atoms with van der Waals surface area (Å²) in [7, 11) is -4.66. The fourth-order valence-electron chi connectivity index (χ4n) is 7.01. The van der Waals surface area contributed by atoms with Crippen LogP contribution in [0.5, 0.6) is 5.75 Å². The molecule has 3 aliphatic heterocycles. The highest BCUT2D eigenvalue weighted by Crippen LogP contribution is 2.39. The van der Waals surface area contributed by atoms with E-state index in [0.29, 0.717) is 57.2 Å². The van der Waals surface area contributed by atoms with E-state index in [2.05, 4.69) is 25.5 Å². The molecule has 0 unspecified atom stereocenters. The van der Waals surface area contributed by atoms with Gasteiger partial charge in [-0.1, -0.05) is 41.6 Å². The molecule has 12 nitrogen and oxygen atoms in total. The summed E-state index contributed by atoms with van der Waals surface area (Å²) in [6.07, 6.45) is 1.20. The predicted molar refractivity (Wildman–Crippen MR) is 178 cm³/mol. The van der Waals surface area contributed by atoms with Crippen molar-refractivity contribution >= 4 is 15.9 Å². The fourth-order valence-corrected chi connectivity index (χ4v) is 8.80. The average Bonchev–Trinajstić information content (AvgIpc) is 3.76. The third-order valence-electron chi connectivity index (χ3n) is 9.79. The second kappa shape index (κ2) is 14.3. The van der Waals surface area contributed by atoms with Gasteiger partial charge >= 0.3 is 6.18 Å². The maximum Gasteiger partial charge on any atom is 0.416 e. The van der Waals surface area contributed by atoms with Gasteiger partial charge < -0.3 is 14.8 Å². The third-order valence-corrected chi connectivity index (χ3v) is 11.7. The van der Waals surface area contributed by atoms with E-state index in [-0.39, 0.29) is 31.9 Å². The normalized spacial score (nSPS) is 22.4. The van der Waals surface area contributed by atoms with Gasteiger partial charge in [0.2, 0.25) is 15.9 Å². The number of benzene rings is 2. The third kappa shape index (κ3) is 7.93. The van der Waals surface area contributed by atoms with Gasteiger partial charge in [-0.3, -0.25) is 14.7 Å². The number of sulfonamides is 1. The van der Waals surface area contributed by atoms with E-state index in [0.717, 1.165) is 27.6 Å². The van der Waals surface area contributed by atoms with Gasteiger partial charge in [0, 0.05) is 57.0 Å². The fraction of sp³-hybridized carbons (Fsp3) is 0.429. The van der Waals surface area contributed by atoms with Crippen LogP contribution in [0.3, 0.4) is 0 Å². The van der Waals surface area contributed by atoms with Crippen LogP contribution in [0.25, 0.3) is 0 Å². The zero-order valence-electron chi connectivity index (χ0n) is 27.7. The van der Waals surface area contributed by atoms with Crippen molar-refractivity contribution < 1.29 is 35.9 Å². The number of carbonyl (C=O) groups is 1. The topological polar surface area (TPSA) is 132 Å². The first-order chi connectivity index (χ1) is 24.5. The Kier molecular flexibility index (Phi) is 9.84. The molecule has 0 bridgehead atoms. The van der Waals surface area contributed by atoms with E-state index in [1.807, 2.05) is 48.7 Å². The molecule has 1 N–H and O–H groups in total. The minimum Gasteiger partial charge on any atom is -0.492 e. The van der Waals surface area contributed by atoms with Crippen molar-refractivity contribution in [1.82, 2.24) is 34.5 Å². The van der Waals surface area contributed by atoms with E-state index in [1.165, 1.54) is 0 Å². The van der Waals surface area contributed by atoms with Gasteiger partial charge in [-0.05, 0) is 48.2 Å². The SMILES string of the molecule is O=C1NC2(CCOc3ccc(C(F)(F)F)cc3S(=O)(=O)N3C[C@H](OCc4cn(Cc5ccccc5)nn4)C[C@@H]13)CCN(Cc1cccnc1)CC2. The van der Waals surface area contributed by atoms with Gasteiger partial charge in [0.25, 0.3) is 0 Å². The number of aromatic nitrogens is 4. The summed E-state index contributed by atoms with van der Waals surface area (Å²) in [6, 6.07) is 14.8. The highest BCUT2D eigenvalue weighted by molar-refractivity contribution is 7.89. The van der Waals surface area contributed by atoms with Gasteiger partial charge in [-0.15, -0.1) is 5.10 Å². The summed E-state index contributed by atoms with van der Waals surface area (Å²) in [5.41, 5.74) is 0.753. The van der Waals surface area contributed by atoms with Crippen LogP contribution in [0.15, 0.2) is 84.1 Å². The highest BCUT2D eigenvalue weighted by Gasteiger charge is 2.48. The Morgan fingerprint density at radius 1 is 1.00 bits per heavy atom. The first-order valence-corrected chi connectivity index (χ1v) is 18.3. The molecule has 4 aromatic rings. The Bertz CT molecular complexity index is 1940. The molecule has 0 aliphatic carbocycles. The number of nitrogens with one attached hydrogen (secondary N) is 1. The van der Waals surface area contributed by atoms with Crippen molar-refractivity contribution in [3.05, 3.63) is 102 Å². The van der Waals surface area contributed by atoms with E-state index >= 15 is 0 Å². The second-order valence-corrected chi connectivity index (χ2v) is 15.2. The molecule has 5 heterocycles. The largest absolute Gasteiger partial charge is 0.492 e. The van der Waals surface area contributed by atoms with Gasteiger partial charge in [-0.2, -0.15) is 17.5 Å². The number of likely N-dealkylation sites (tertiary alicyclic amines) is 1. The first kappa shape index (κ1) is 35.0. The number of fused-ring (bicyclic) bond motifs is 2. The Morgan fingerprint density at radius 3 is 2.53 bits per heavy atom. The molecule has 270 valence electrons. The molecule has 16 heteroatoms. The number of hydrogen-bond acceptors (Lipinski definition) is 9. The van der Waals surface area contributed by atoms with E-state index < -0.39 is 50.3 Å². The van der Waals surface area contributed by atoms with Gasteiger partial charge in [0.05, 0.1) is 37.6 Å². The van der Waals surface area contributed by atoms with Crippen LogP contribution in [-0.2, 0) is 45.4 Å². The summed E-state index contributed by atoms with van der Waals surface area (Å²) >= 11 is 0. The minimum atomic E-state index is -4.80. The number of carbonyl (C=O) groups excluding carboxylic acids is 1. The molecule has 1 spiro atoms. The maximum absolute atomic E-state index is 14.2. The summed E-state index contributed by atoms with van der Waals surface area (Å²) in [4.78, 5) is 20.0. The highest BCUT2D eigenvalue weighted by atomic mass is 32.2. The zero-order chi connectivity index (χ0) is 35.6. The Balaban J connectivity index is 1.13. The van der Waals surface area contributed by atoms with Crippen LogP contribution in [0.1, 0.15) is 48.1 Å². The molecule has 7 rings (SSSR count). The van der Waals surface area contributed by atoms with E-state index in [1.54, 1.807) is 17.1 Å². The lowest BCUT2D eigenvalue weighted by Crippen LogP contribution is -2.59. The standard InChI is InChI=1S/C35H38F3N7O5S/c36-35(37,38)27-8-9-31-32(17-27)51(47,48)45-23-29(50-24-28-22-44(42-41-28)21-25-5-2-1-3-6-25)18-30(45)33(46)40-34(12-16-49-31)10-14-43(15-11-34)20-26-7-4-13-39-19-26/h1-9,13,17,19,22,29-30H,10-12,14-16,18,20-21,23-24H2,(H,40,46)/t29-,30+/m1/s1. The maximum atomic E-state index is 14.2. The van der Waals surface area contributed by atoms with Crippen LogP contribution >= 0.6 is 0 Å². The van der Waals surface area contributed by atoms with Gasteiger partial charge in [0.1, 0.15) is 22.4 Å². The van der Waals surface area contributed by atoms with Gasteiger partial charge in [-0.25, -0.2) is 13.1 Å². The van der Waals surface area contributed by atoms with Crippen LogP contribution < -0.4 is 10.1 Å². The lowest BCUT2D eigenvalue weighted by molar-refractivity contribution is -0.137. The monoisotopic (exact) mass is 725 g/mol. The zero-order valence-corrected chi connectivity index (χ0v) is 28.5. The number of halogens is 3. The number of nitrogens with zero attached hydrogens (tertiary/aromatic N) is 6. The number of hydrogen-bond donors (Lipinski definition) is 1. The molecular formula is C35H38F3N7O5S. The predicted octanol–water partition coefficient (Wildman–Crippen LogP) is 4.02. The van der Waals surface area contributed by atoms with Crippen LogP contribution in [0, 0.1) is 0 Å². The molecule has 0 radical (unpaired) electrons. The van der Waals surface area contributed by atoms with Crippen molar-refractivity contribution in [2.24, 2.45) is 0 Å². The number of rotatable bonds is 7. The number of pyridine rings is 1. The van der Waals surface area contributed by atoms with Crippen molar-refractivity contribution in [1.29, 1.82) is 0 Å². The van der Waals surface area contributed by atoms with E-state index in [4.69, 9.17) is 9.47 Å². The van der Waals surface area contributed by atoms with Crippen LogP contribution in [0.4, 0.5) is 13.2 Å². The molecule has 2 aromatic carbocycles. The van der Waals surface area contributed by atoms with Gasteiger partial charge in [0.15, 0.2) is 0 Å². The molecule has 2 aromatic heterocycles. The minimum absolute atomic E-state index is 0.00157. The summed E-state index contributed by atoms with van der Waals surface area (Å²) in [6.45, 7) is 2.25. The smallest absolute Gasteiger partial charge is 0.416 e. The Labute approximate surface area is 293 Å². The van der Waals surface area contributed by atoms with Crippen molar-refractivity contribution in [3.8, 4) is 5.75 Å². The average molecular weight is 726 g/mol. The molecule has 3 aliphatic rings. The molecule has 0 saturated carbocycles. The molecule has 2 fully saturated rings. The van der Waals surface area contributed by atoms with Crippen LogP contribution in [-0.4, -0.2) is 87.4 Å². The summed E-state index contributed by atoms with van der Waals surface area (Å²) in [5, 5.41) is 11.5. The van der Waals surface area contributed by atoms with E-state index in [9.17, 15) is 26.4 Å². The quantitative estimate of drug-likeness (QED) is 0.300.